The molecule has 1 atom stereocenters. The zero-order valence-electron chi connectivity index (χ0n) is 13.6. The number of anilines is 1. The highest BCUT2D eigenvalue weighted by Gasteiger charge is 2.34. The van der Waals surface area contributed by atoms with Crippen LogP contribution in [0.2, 0.25) is 0 Å². The molecule has 1 saturated heterocycles. The standard InChI is InChI=1S/C17H17N5O3/c1-21-15(6-7-19-21)22-10-12(25-17(22)24)9-18-16(23)14-8-11-4-2-3-5-13(11)20-14/h2-8,12,20H,9-10H2,1H3,(H,18,23). The van der Waals surface area contributed by atoms with Crippen LogP contribution >= 0.6 is 0 Å². The fourth-order valence-corrected chi connectivity index (χ4v) is 2.94. The summed E-state index contributed by atoms with van der Waals surface area (Å²) in [4.78, 5) is 28.9. The van der Waals surface area contributed by atoms with Gasteiger partial charge in [0, 0.05) is 24.0 Å². The number of nitrogens with one attached hydrogen (secondary N) is 2. The number of fused-ring (bicyclic) bond motifs is 1. The van der Waals surface area contributed by atoms with E-state index in [4.69, 9.17) is 4.74 Å². The van der Waals surface area contributed by atoms with Crippen LogP contribution in [0.3, 0.4) is 0 Å². The molecular weight excluding hydrogens is 322 g/mol. The fourth-order valence-electron chi connectivity index (χ4n) is 2.94. The van der Waals surface area contributed by atoms with Crippen LogP contribution < -0.4 is 10.2 Å². The van der Waals surface area contributed by atoms with E-state index < -0.39 is 12.2 Å². The molecular formula is C17H17N5O3. The van der Waals surface area contributed by atoms with Gasteiger partial charge in [-0.05, 0) is 12.1 Å². The van der Waals surface area contributed by atoms with Gasteiger partial charge in [-0.1, -0.05) is 18.2 Å². The van der Waals surface area contributed by atoms with Crippen LogP contribution in [0.1, 0.15) is 10.5 Å². The van der Waals surface area contributed by atoms with Crippen molar-refractivity contribution in [2.24, 2.45) is 7.05 Å². The quantitative estimate of drug-likeness (QED) is 0.756. The molecule has 0 saturated carbocycles. The van der Waals surface area contributed by atoms with E-state index in [1.165, 1.54) is 4.90 Å². The van der Waals surface area contributed by atoms with Crippen molar-refractivity contribution in [1.29, 1.82) is 0 Å². The van der Waals surface area contributed by atoms with Gasteiger partial charge in [0.05, 0.1) is 19.3 Å². The van der Waals surface area contributed by atoms with Crippen LogP contribution in [0.4, 0.5) is 10.6 Å². The van der Waals surface area contributed by atoms with Gasteiger partial charge in [-0.15, -0.1) is 0 Å². The summed E-state index contributed by atoms with van der Waals surface area (Å²) in [5.41, 5.74) is 1.39. The molecule has 0 bridgehead atoms. The Hall–Kier alpha value is -3.29. The Bertz CT molecular complexity index is 912. The van der Waals surface area contributed by atoms with Gasteiger partial charge in [0.25, 0.3) is 5.91 Å². The first-order valence-corrected chi connectivity index (χ1v) is 7.94. The van der Waals surface area contributed by atoms with E-state index in [9.17, 15) is 9.59 Å². The lowest BCUT2D eigenvalue weighted by Gasteiger charge is -2.12. The topological polar surface area (TPSA) is 92.2 Å². The molecule has 1 unspecified atom stereocenters. The molecule has 3 heterocycles. The summed E-state index contributed by atoms with van der Waals surface area (Å²) in [5.74, 6) is 0.431. The van der Waals surface area contributed by atoms with Crippen LogP contribution in [0.15, 0.2) is 42.6 Å². The number of rotatable bonds is 4. The van der Waals surface area contributed by atoms with Gasteiger partial charge in [-0.25, -0.2) is 4.79 Å². The summed E-state index contributed by atoms with van der Waals surface area (Å²) in [6.07, 6.45) is 0.775. The first-order chi connectivity index (χ1) is 12.1. The SMILES string of the molecule is Cn1nccc1N1CC(CNC(=O)c2cc3ccccc3[nH]2)OC1=O. The second-order valence-electron chi connectivity index (χ2n) is 5.91. The molecule has 1 aliphatic heterocycles. The lowest BCUT2D eigenvalue weighted by atomic mass is 10.2. The van der Waals surface area contributed by atoms with Crippen LogP contribution in [-0.4, -0.2) is 46.0 Å². The number of carbonyl (C=O) groups excluding carboxylic acids is 2. The number of aromatic amines is 1. The van der Waals surface area contributed by atoms with Gasteiger partial charge >= 0.3 is 6.09 Å². The maximum absolute atomic E-state index is 12.3. The molecule has 0 spiro atoms. The molecule has 8 nitrogen and oxygen atoms in total. The number of hydrogen-bond acceptors (Lipinski definition) is 4. The maximum atomic E-state index is 12.3. The average Bonchev–Trinajstić information content (AvgIpc) is 3.30. The number of H-pyrrole nitrogens is 1. The van der Waals surface area contributed by atoms with Crippen LogP contribution in [0.5, 0.6) is 0 Å². The van der Waals surface area contributed by atoms with E-state index in [-0.39, 0.29) is 12.5 Å². The third-order valence-corrected chi connectivity index (χ3v) is 4.21. The van der Waals surface area contributed by atoms with Gasteiger partial charge in [0.15, 0.2) is 0 Å². The number of ether oxygens (including phenoxy) is 1. The number of hydrogen-bond donors (Lipinski definition) is 2. The van der Waals surface area contributed by atoms with E-state index in [0.717, 1.165) is 10.9 Å². The summed E-state index contributed by atoms with van der Waals surface area (Å²) < 4.78 is 6.92. The number of amides is 2. The first-order valence-electron chi connectivity index (χ1n) is 7.94. The molecule has 8 heteroatoms. The Morgan fingerprint density at radius 2 is 2.24 bits per heavy atom. The molecule has 25 heavy (non-hydrogen) atoms. The van der Waals surface area contributed by atoms with Crippen molar-refractivity contribution < 1.29 is 14.3 Å². The predicted molar refractivity (Wildman–Crippen MR) is 91.5 cm³/mol. The third-order valence-electron chi connectivity index (χ3n) is 4.21. The number of aromatic nitrogens is 3. The second kappa shape index (κ2) is 5.97. The molecule has 1 aromatic carbocycles. The molecule has 0 radical (unpaired) electrons. The number of carbonyl (C=O) groups is 2. The molecule has 2 aromatic heterocycles. The van der Waals surface area contributed by atoms with E-state index in [1.54, 1.807) is 30.1 Å². The Balaban J connectivity index is 1.39. The highest BCUT2D eigenvalue weighted by molar-refractivity contribution is 5.98. The van der Waals surface area contributed by atoms with Crippen molar-refractivity contribution in [2.75, 3.05) is 18.0 Å². The van der Waals surface area contributed by atoms with Crippen molar-refractivity contribution in [2.45, 2.75) is 6.10 Å². The van der Waals surface area contributed by atoms with Gasteiger partial charge in [-0.2, -0.15) is 5.10 Å². The number of benzene rings is 1. The Kier molecular flexibility index (Phi) is 3.64. The largest absolute Gasteiger partial charge is 0.442 e. The van der Waals surface area contributed by atoms with Gasteiger partial charge < -0.3 is 15.0 Å². The normalized spacial score (nSPS) is 17.1. The van der Waals surface area contributed by atoms with E-state index in [1.807, 2.05) is 24.3 Å². The molecule has 2 amide bonds. The van der Waals surface area contributed by atoms with Crippen molar-refractivity contribution in [3.63, 3.8) is 0 Å². The number of aryl methyl sites for hydroxylation is 1. The minimum Gasteiger partial charge on any atom is -0.442 e. The minimum atomic E-state index is -0.437. The molecule has 128 valence electrons. The van der Waals surface area contributed by atoms with E-state index in [2.05, 4.69) is 15.4 Å². The Morgan fingerprint density at radius 3 is 3.00 bits per heavy atom. The number of cyclic esters (lactones) is 1. The van der Waals surface area contributed by atoms with Crippen molar-refractivity contribution >= 4 is 28.7 Å². The molecule has 0 aliphatic carbocycles. The lowest BCUT2D eigenvalue weighted by molar-refractivity contribution is 0.0912. The zero-order chi connectivity index (χ0) is 17.4. The van der Waals surface area contributed by atoms with Gasteiger partial charge in [0.2, 0.25) is 0 Å². The smallest absolute Gasteiger partial charge is 0.416 e. The summed E-state index contributed by atoms with van der Waals surface area (Å²) in [5, 5.41) is 7.83. The second-order valence-corrected chi connectivity index (χ2v) is 5.91. The van der Waals surface area contributed by atoms with Crippen LogP contribution in [0.25, 0.3) is 10.9 Å². The van der Waals surface area contributed by atoms with Crippen LogP contribution in [0, 0.1) is 0 Å². The zero-order valence-corrected chi connectivity index (χ0v) is 13.6. The minimum absolute atomic E-state index is 0.230. The predicted octanol–water partition coefficient (Wildman–Crippen LogP) is 1.66. The van der Waals surface area contributed by atoms with Crippen molar-refractivity contribution in [3.05, 3.63) is 48.3 Å². The van der Waals surface area contributed by atoms with E-state index in [0.29, 0.717) is 18.1 Å². The third kappa shape index (κ3) is 2.82. The molecule has 4 rings (SSSR count). The molecule has 1 fully saturated rings. The average molecular weight is 339 g/mol. The van der Waals surface area contributed by atoms with Gasteiger partial charge in [0.1, 0.15) is 17.6 Å². The molecule has 1 aliphatic rings. The van der Waals surface area contributed by atoms with Crippen molar-refractivity contribution in [1.82, 2.24) is 20.1 Å². The highest BCUT2D eigenvalue weighted by atomic mass is 16.6. The number of nitrogens with zero attached hydrogens (tertiary/aromatic N) is 3. The summed E-state index contributed by atoms with van der Waals surface area (Å²) in [7, 11) is 1.76. The highest BCUT2D eigenvalue weighted by Crippen LogP contribution is 2.20. The van der Waals surface area contributed by atoms with Crippen LogP contribution in [-0.2, 0) is 11.8 Å². The fraction of sp³-hybridized carbons (Fsp3) is 0.235. The monoisotopic (exact) mass is 339 g/mol. The summed E-state index contributed by atoms with van der Waals surface area (Å²) in [6, 6.07) is 11.2. The molecule has 2 N–H and O–H groups in total. The molecule has 3 aromatic rings. The lowest BCUT2D eigenvalue weighted by Crippen LogP contribution is -2.35. The Morgan fingerprint density at radius 1 is 1.40 bits per heavy atom. The Labute approximate surface area is 143 Å². The van der Waals surface area contributed by atoms with Crippen molar-refractivity contribution in [3.8, 4) is 0 Å². The summed E-state index contributed by atoms with van der Waals surface area (Å²) >= 11 is 0. The first kappa shape index (κ1) is 15.3. The summed E-state index contributed by atoms with van der Waals surface area (Å²) in [6.45, 7) is 0.611. The maximum Gasteiger partial charge on any atom is 0.416 e. The number of para-hydroxylation sites is 1. The van der Waals surface area contributed by atoms with Gasteiger partial charge in [-0.3, -0.25) is 14.4 Å². The van der Waals surface area contributed by atoms with E-state index >= 15 is 0 Å².